The summed E-state index contributed by atoms with van der Waals surface area (Å²) in [5, 5.41) is 9.28. The zero-order chi connectivity index (χ0) is 12.4. The van der Waals surface area contributed by atoms with E-state index in [1.807, 2.05) is 56.3 Å². The van der Waals surface area contributed by atoms with Crippen LogP contribution in [0.5, 0.6) is 0 Å². The van der Waals surface area contributed by atoms with Gasteiger partial charge in [-0.1, -0.05) is 48.0 Å². The first-order chi connectivity index (χ1) is 8.09. The van der Waals surface area contributed by atoms with Gasteiger partial charge in [-0.25, -0.2) is 4.79 Å². The molecule has 0 heterocycles. The molecule has 86 valence electrons. The Morgan fingerprint density at radius 2 is 1.76 bits per heavy atom. The molecule has 0 aliphatic rings. The number of carbonyl (C=O) groups is 1. The minimum absolute atomic E-state index is 0.387. The van der Waals surface area contributed by atoms with Gasteiger partial charge in [0.25, 0.3) is 0 Å². The van der Waals surface area contributed by atoms with E-state index in [2.05, 4.69) is 0 Å². The highest BCUT2D eigenvalue weighted by Gasteiger charge is 2.13. The van der Waals surface area contributed by atoms with Crippen molar-refractivity contribution in [1.29, 1.82) is 0 Å². The molecule has 0 aromatic heterocycles. The molecule has 0 aliphatic carbocycles. The average molecular weight is 226 g/mol. The second-order valence-electron chi connectivity index (χ2n) is 4.17. The molecule has 0 spiro atoms. The molecule has 0 bridgehead atoms. The third-order valence-corrected chi connectivity index (χ3v) is 2.82. The van der Waals surface area contributed by atoms with Crippen LogP contribution >= 0.6 is 0 Å². The molecule has 2 rings (SSSR count). The third kappa shape index (κ3) is 2.21. The van der Waals surface area contributed by atoms with Gasteiger partial charge in [0.1, 0.15) is 0 Å². The molecule has 2 nitrogen and oxygen atoms in total. The number of aryl methyl sites for hydroxylation is 2. The molecule has 2 aromatic carbocycles. The summed E-state index contributed by atoms with van der Waals surface area (Å²) in [6.07, 6.45) is 0. The van der Waals surface area contributed by atoms with Crippen LogP contribution in [-0.4, -0.2) is 11.1 Å². The van der Waals surface area contributed by atoms with E-state index in [0.717, 1.165) is 22.3 Å². The van der Waals surface area contributed by atoms with E-state index in [1.54, 1.807) is 0 Å². The van der Waals surface area contributed by atoms with Gasteiger partial charge in [-0.15, -0.1) is 0 Å². The quantitative estimate of drug-likeness (QED) is 0.848. The van der Waals surface area contributed by atoms with Crippen molar-refractivity contribution in [3.8, 4) is 11.1 Å². The Bertz CT molecular complexity index is 571. The van der Waals surface area contributed by atoms with Crippen LogP contribution in [0.1, 0.15) is 21.5 Å². The smallest absolute Gasteiger partial charge is 0.336 e. The number of benzene rings is 2. The molecule has 0 fully saturated rings. The predicted molar refractivity (Wildman–Crippen MR) is 68.3 cm³/mol. The lowest BCUT2D eigenvalue weighted by Crippen LogP contribution is -2.02. The molecule has 0 atom stereocenters. The first-order valence-electron chi connectivity index (χ1n) is 5.49. The molecule has 0 unspecified atom stereocenters. The summed E-state index contributed by atoms with van der Waals surface area (Å²) < 4.78 is 0. The maximum absolute atomic E-state index is 11.3. The highest BCUT2D eigenvalue weighted by atomic mass is 16.4. The van der Waals surface area contributed by atoms with Crippen LogP contribution in [0.15, 0.2) is 42.5 Å². The SMILES string of the molecule is Cc1cccc(-c2cccc(C)c2C(=O)O)c1. The summed E-state index contributed by atoms with van der Waals surface area (Å²) in [4.78, 5) is 11.3. The van der Waals surface area contributed by atoms with Crippen molar-refractivity contribution in [1.82, 2.24) is 0 Å². The van der Waals surface area contributed by atoms with Crippen LogP contribution in [-0.2, 0) is 0 Å². The van der Waals surface area contributed by atoms with E-state index in [-0.39, 0.29) is 0 Å². The lowest BCUT2D eigenvalue weighted by molar-refractivity contribution is 0.0697. The van der Waals surface area contributed by atoms with Gasteiger partial charge < -0.3 is 5.11 Å². The van der Waals surface area contributed by atoms with Crippen LogP contribution in [0, 0.1) is 13.8 Å². The van der Waals surface area contributed by atoms with Gasteiger partial charge in [0.05, 0.1) is 5.56 Å². The fraction of sp³-hybridized carbons (Fsp3) is 0.133. The third-order valence-electron chi connectivity index (χ3n) is 2.82. The monoisotopic (exact) mass is 226 g/mol. The van der Waals surface area contributed by atoms with E-state index in [1.165, 1.54) is 0 Å². The Morgan fingerprint density at radius 3 is 2.41 bits per heavy atom. The van der Waals surface area contributed by atoms with Crippen molar-refractivity contribution in [3.63, 3.8) is 0 Å². The molecule has 0 amide bonds. The van der Waals surface area contributed by atoms with Gasteiger partial charge in [-0.3, -0.25) is 0 Å². The van der Waals surface area contributed by atoms with Crippen LogP contribution in [0.2, 0.25) is 0 Å². The lowest BCUT2D eigenvalue weighted by atomic mass is 9.95. The number of carboxylic acid groups (broad SMARTS) is 1. The van der Waals surface area contributed by atoms with Gasteiger partial charge in [-0.2, -0.15) is 0 Å². The van der Waals surface area contributed by atoms with Crippen molar-refractivity contribution in [2.24, 2.45) is 0 Å². The summed E-state index contributed by atoms with van der Waals surface area (Å²) in [6, 6.07) is 13.4. The molecule has 0 saturated carbocycles. The Kier molecular flexibility index (Phi) is 2.96. The van der Waals surface area contributed by atoms with Gasteiger partial charge in [0, 0.05) is 0 Å². The fourth-order valence-corrected chi connectivity index (χ4v) is 2.00. The Labute approximate surface area is 101 Å². The van der Waals surface area contributed by atoms with E-state index >= 15 is 0 Å². The molecule has 2 heteroatoms. The summed E-state index contributed by atoms with van der Waals surface area (Å²) in [7, 11) is 0. The van der Waals surface area contributed by atoms with E-state index in [4.69, 9.17) is 0 Å². The van der Waals surface area contributed by atoms with E-state index < -0.39 is 5.97 Å². The molecular weight excluding hydrogens is 212 g/mol. The largest absolute Gasteiger partial charge is 0.478 e. The number of hydrogen-bond acceptors (Lipinski definition) is 1. The van der Waals surface area contributed by atoms with Crippen molar-refractivity contribution in [2.45, 2.75) is 13.8 Å². The molecule has 0 radical (unpaired) electrons. The molecule has 2 aromatic rings. The van der Waals surface area contributed by atoms with Gasteiger partial charge in [0.2, 0.25) is 0 Å². The topological polar surface area (TPSA) is 37.3 Å². The van der Waals surface area contributed by atoms with Crippen LogP contribution in [0.4, 0.5) is 0 Å². The molecule has 0 aliphatic heterocycles. The van der Waals surface area contributed by atoms with E-state index in [9.17, 15) is 9.90 Å². The molecule has 17 heavy (non-hydrogen) atoms. The second kappa shape index (κ2) is 4.42. The fourth-order valence-electron chi connectivity index (χ4n) is 2.00. The minimum atomic E-state index is -0.875. The maximum Gasteiger partial charge on any atom is 0.336 e. The van der Waals surface area contributed by atoms with Gasteiger partial charge >= 0.3 is 5.97 Å². The Hall–Kier alpha value is -2.09. The van der Waals surface area contributed by atoms with Crippen LogP contribution < -0.4 is 0 Å². The van der Waals surface area contributed by atoms with Gasteiger partial charge in [-0.05, 0) is 30.5 Å². The summed E-state index contributed by atoms with van der Waals surface area (Å²) >= 11 is 0. The number of hydrogen-bond donors (Lipinski definition) is 1. The average Bonchev–Trinajstić information content (AvgIpc) is 2.28. The Morgan fingerprint density at radius 1 is 1.06 bits per heavy atom. The van der Waals surface area contributed by atoms with Gasteiger partial charge in [0.15, 0.2) is 0 Å². The predicted octanol–water partition coefficient (Wildman–Crippen LogP) is 3.67. The van der Waals surface area contributed by atoms with Crippen molar-refractivity contribution >= 4 is 5.97 Å². The first kappa shape index (κ1) is 11.4. The highest BCUT2D eigenvalue weighted by Crippen LogP contribution is 2.26. The van der Waals surface area contributed by atoms with Crippen LogP contribution in [0.25, 0.3) is 11.1 Å². The normalized spacial score (nSPS) is 10.2. The first-order valence-corrected chi connectivity index (χ1v) is 5.49. The number of rotatable bonds is 2. The maximum atomic E-state index is 11.3. The molecule has 0 saturated heterocycles. The summed E-state index contributed by atoms with van der Waals surface area (Å²) in [6.45, 7) is 3.82. The van der Waals surface area contributed by atoms with Crippen molar-refractivity contribution in [3.05, 3.63) is 59.2 Å². The minimum Gasteiger partial charge on any atom is -0.478 e. The summed E-state index contributed by atoms with van der Waals surface area (Å²) in [5.41, 5.74) is 4.03. The summed E-state index contributed by atoms with van der Waals surface area (Å²) in [5.74, 6) is -0.875. The number of carboxylic acids is 1. The zero-order valence-corrected chi connectivity index (χ0v) is 9.90. The van der Waals surface area contributed by atoms with Crippen LogP contribution in [0.3, 0.4) is 0 Å². The molecular formula is C15H14O2. The lowest BCUT2D eigenvalue weighted by Gasteiger charge is -2.09. The molecule has 1 N–H and O–H groups in total. The highest BCUT2D eigenvalue weighted by molar-refractivity contribution is 5.97. The standard InChI is InChI=1S/C15H14O2/c1-10-5-3-7-12(9-10)13-8-4-6-11(2)14(13)15(16)17/h3-9H,1-2H3,(H,16,17). The Balaban J connectivity index is 2.67. The zero-order valence-electron chi connectivity index (χ0n) is 9.90. The number of aromatic carboxylic acids is 1. The van der Waals surface area contributed by atoms with Crippen molar-refractivity contribution < 1.29 is 9.90 Å². The van der Waals surface area contributed by atoms with E-state index in [0.29, 0.717) is 5.56 Å². The second-order valence-corrected chi connectivity index (χ2v) is 4.17. The van der Waals surface area contributed by atoms with Crippen molar-refractivity contribution in [2.75, 3.05) is 0 Å².